The van der Waals surface area contributed by atoms with E-state index in [1.165, 1.54) is 11.0 Å². The zero-order chi connectivity index (χ0) is 14.0. The molecule has 5 nitrogen and oxygen atoms in total. The van der Waals surface area contributed by atoms with Gasteiger partial charge in [0.25, 0.3) is 0 Å². The van der Waals surface area contributed by atoms with Gasteiger partial charge in [-0.1, -0.05) is 6.07 Å². The minimum absolute atomic E-state index is 0.116. The molecular weight excluding hydrogens is 262 g/mol. The molecule has 0 saturated carbocycles. The number of aryl methyl sites for hydroxylation is 3. The molecule has 0 bridgehead atoms. The molecule has 6 heteroatoms. The fourth-order valence-electron chi connectivity index (χ4n) is 1.74. The number of rotatable bonds is 4. The topological polar surface area (TPSA) is 64.8 Å². The van der Waals surface area contributed by atoms with E-state index < -0.39 is 9.84 Å². The molecule has 0 fully saturated rings. The van der Waals surface area contributed by atoms with Gasteiger partial charge in [0.05, 0.1) is 23.3 Å². The van der Waals surface area contributed by atoms with Crippen LogP contribution < -0.4 is 0 Å². The Morgan fingerprint density at radius 3 is 2.53 bits per heavy atom. The molecule has 0 amide bonds. The van der Waals surface area contributed by atoms with E-state index in [-0.39, 0.29) is 5.75 Å². The van der Waals surface area contributed by atoms with E-state index >= 15 is 0 Å². The highest BCUT2D eigenvalue weighted by atomic mass is 32.2. The summed E-state index contributed by atoms with van der Waals surface area (Å²) in [5.41, 5.74) is 2.52. The highest BCUT2D eigenvalue weighted by Gasteiger charge is 2.17. The Morgan fingerprint density at radius 2 is 1.95 bits per heavy atom. The molecular formula is C13H17N3O2S. The molecule has 19 heavy (non-hydrogen) atoms. The lowest BCUT2D eigenvalue weighted by Gasteiger charge is -2.05. The van der Waals surface area contributed by atoms with Crippen LogP contribution in [0.2, 0.25) is 0 Å². The largest absolute Gasteiger partial charge is 0.223 e. The first-order chi connectivity index (χ1) is 8.92. The maximum atomic E-state index is 12.3. The van der Waals surface area contributed by atoms with Crippen LogP contribution in [0.15, 0.2) is 29.3 Å². The lowest BCUT2D eigenvalue weighted by molar-refractivity contribution is 0.563. The van der Waals surface area contributed by atoms with Crippen LogP contribution in [0.1, 0.15) is 23.7 Å². The van der Waals surface area contributed by atoms with Crippen LogP contribution in [-0.4, -0.2) is 23.4 Å². The second kappa shape index (κ2) is 5.13. The van der Waals surface area contributed by atoms with E-state index in [4.69, 9.17) is 0 Å². The first-order valence-electron chi connectivity index (χ1n) is 6.11. The molecule has 0 spiro atoms. The van der Waals surface area contributed by atoms with Gasteiger partial charge in [0.15, 0.2) is 9.84 Å². The van der Waals surface area contributed by atoms with Crippen molar-refractivity contribution in [3.05, 3.63) is 41.2 Å². The first kappa shape index (κ1) is 13.7. The van der Waals surface area contributed by atoms with Crippen molar-refractivity contribution >= 4 is 9.84 Å². The molecule has 2 rings (SSSR count). The van der Waals surface area contributed by atoms with Crippen LogP contribution in [-0.2, 0) is 22.1 Å². The summed E-state index contributed by atoms with van der Waals surface area (Å²) in [5.74, 6) is -0.116. The number of sulfone groups is 1. The molecule has 0 aliphatic carbocycles. The molecule has 0 saturated heterocycles. The molecule has 1 aromatic heterocycles. The van der Waals surface area contributed by atoms with Crippen LogP contribution in [0.5, 0.6) is 0 Å². The molecule has 0 radical (unpaired) electrons. The van der Waals surface area contributed by atoms with Crippen molar-refractivity contribution in [2.24, 2.45) is 0 Å². The summed E-state index contributed by atoms with van der Waals surface area (Å²) >= 11 is 0. The van der Waals surface area contributed by atoms with Gasteiger partial charge >= 0.3 is 0 Å². The van der Waals surface area contributed by atoms with Gasteiger partial charge < -0.3 is 0 Å². The smallest absolute Gasteiger partial charge is 0.184 e. The van der Waals surface area contributed by atoms with Crippen LogP contribution in [0.25, 0.3) is 0 Å². The minimum Gasteiger partial charge on any atom is -0.223 e. The summed E-state index contributed by atoms with van der Waals surface area (Å²) in [6.45, 7) is 6.39. The van der Waals surface area contributed by atoms with Gasteiger partial charge in [-0.2, -0.15) is 15.0 Å². The van der Waals surface area contributed by atoms with Crippen LogP contribution in [0, 0.1) is 13.8 Å². The molecule has 1 aromatic carbocycles. The lowest BCUT2D eigenvalue weighted by atomic mass is 10.1. The minimum atomic E-state index is -3.36. The van der Waals surface area contributed by atoms with E-state index in [9.17, 15) is 8.42 Å². The van der Waals surface area contributed by atoms with Crippen molar-refractivity contribution in [3.63, 3.8) is 0 Å². The number of hydrogen-bond donors (Lipinski definition) is 0. The summed E-state index contributed by atoms with van der Waals surface area (Å²) in [5, 5.41) is 8.09. The first-order valence-corrected chi connectivity index (χ1v) is 7.76. The van der Waals surface area contributed by atoms with Crippen LogP contribution >= 0.6 is 0 Å². The normalized spacial score (nSPS) is 11.7. The average Bonchev–Trinajstić information content (AvgIpc) is 2.79. The van der Waals surface area contributed by atoms with Crippen molar-refractivity contribution in [1.82, 2.24) is 15.0 Å². The standard InChI is InChI=1S/C13H17N3O2S/c1-4-16-14-8-12(15-16)9-19(17,18)13-6-5-10(2)11(3)7-13/h5-8H,4,9H2,1-3H3. The van der Waals surface area contributed by atoms with Crippen molar-refractivity contribution in [1.29, 1.82) is 0 Å². The Hall–Kier alpha value is -1.69. The van der Waals surface area contributed by atoms with Crippen molar-refractivity contribution in [2.45, 2.75) is 38.0 Å². The Balaban J connectivity index is 2.29. The molecule has 102 valence electrons. The number of aromatic nitrogens is 3. The summed E-state index contributed by atoms with van der Waals surface area (Å²) in [6, 6.07) is 5.17. The average molecular weight is 279 g/mol. The monoisotopic (exact) mass is 279 g/mol. The molecule has 0 N–H and O–H groups in total. The summed E-state index contributed by atoms with van der Waals surface area (Å²) in [4.78, 5) is 1.81. The maximum Gasteiger partial charge on any atom is 0.184 e. The van der Waals surface area contributed by atoms with Crippen molar-refractivity contribution in [3.8, 4) is 0 Å². The third-order valence-corrected chi connectivity index (χ3v) is 4.69. The zero-order valence-corrected chi connectivity index (χ0v) is 12.1. The summed E-state index contributed by atoms with van der Waals surface area (Å²) in [7, 11) is -3.36. The molecule has 0 atom stereocenters. The highest BCUT2D eigenvalue weighted by molar-refractivity contribution is 7.90. The van der Waals surface area contributed by atoms with Gasteiger partial charge in [-0.25, -0.2) is 8.42 Å². The SMILES string of the molecule is CCn1ncc(CS(=O)(=O)c2ccc(C)c(C)c2)n1. The molecule has 0 unspecified atom stereocenters. The second-order valence-corrected chi connectivity index (χ2v) is 6.52. The number of benzene rings is 1. The second-order valence-electron chi connectivity index (χ2n) is 4.53. The molecule has 0 aliphatic heterocycles. The van der Waals surface area contributed by atoms with Crippen molar-refractivity contribution < 1.29 is 8.42 Å². The Bertz CT molecular complexity index is 690. The fourth-order valence-corrected chi connectivity index (χ4v) is 3.06. The third kappa shape index (κ3) is 3.01. The van der Waals surface area contributed by atoms with Crippen molar-refractivity contribution in [2.75, 3.05) is 0 Å². The Kier molecular flexibility index (Phi) is 3.71. The Morgan fingerprint density at radius 1 is 1.21 bits per heavy atom. The number of nitrogens with zero attached hydrogens (tertiary/aromatic N) is 3. The molecule has 2 aromatic rings. The van der Waals surface area contributed by atoms with Gasteiger partial charge in [-0.3, -0.25) is 0 Å². The quantitative estimate of drug-likeness (QED) is 0.857. The maximum absolute atomic E-state index is 12.3. The van der Waals surface area contributed by atoms with Crippen LogP contribution in [0.3, 0.4) is 0 Å². The van der Waals surface area contributed by atoms with Gasteiger partial charge in [-0.15, -0.1) is 0 Å². The Labute approximate surface area is 113 Å². The van der Waals surface area contributed by atoms with Gasteiger partial charge in [0, 0.05) is 0 Å². The van der Waals surface area contributed by atoms with Crippen LogP contribution in [0.4, 0.5) is 0 Å². The van der Waals surface area contributed by atoms with Gasteiger partial charge in [0.2, 0.25) is 0 Å². The lowest BCUT2D eigenvalue weighted by Crippen LogP contribution is -2.07. The predicted molar refractivity (Wildman–Crippen MR) is 72.5 cm³/mol. The van der Waals surface area contributed by atoms with Gasteiger partial charge in [-0.05, 0) is 44.0 Å². The fraction of sp³-hybridized carbons (Fsp3) is 0.385. The number of hydrogen-bond acceptors (Lipinski definition) is 4. The van der Waals surface area contributed by atoms with E-state index in [0.29, 0.717) is 17.1 Å². The summed E-state index contributed by atoms with van der Waals surface area (Å²) < 4.78 is 24.6. The van der Waals surface area contributed by atoms with Gasteiger partial charge in [0.1, 0.15) is 5.75 Å². The highest BCUT2D eigenvalue weighted by Crippen LogP contribution is 2.18. The van der Waals surface area contributed by atoms with E-state index in [2.05, 4.69) is 10.2 Å². The van der Waals surface area contributed by atoms with E-state index in [1.807, 2.05) is 26.8 Å². The summed E-state index contributed by atoms with van der Waals surface area (Å²) in [6.07, 6.45) is 1.50. The third-order valence-electron chi connectivity index (χ3n) is 3.04. The van der Waals surface area contributed by atoms with E-state index in [1.54, 1.807) is 12.1 Å². The van der Waals surface area contributed by atoms with E-state index in [0.717, 1.165) is 11.1 Å². The predicted octanol–water partition coefficient (Wildman–Crippen LogP) is 1.89. The zero-order valence-electron chi connectivity index (χ0n) is 11.3. The molecule has 1 heterocycles. The molecule has 0 aliphatic rings.